The van der Waals surface area contributed by atoms with Crippen LogP contribution in [0.4, 0.5) is 5.95 Å². The molecule has 4 heterocycles. The van der Waals surface area contributed by atoms with Gasteiger partial charge in [0.1, 0.15) is 5.69 Å². The van der Waals surface area contributed by atoms with Gasteiger partial charge in [0.2, 0.25) is 21.9 Å². The predicted molar refractivity (Wildman–Crippen MR) is 125 cm³/mol. The first kappa shape index (κ1) is 22.6. The van der Waals surface area contributed by atoms with Crippen molar-refractivity contribution in [2.24, 2.45) is 0 Å². The van der Waals surface area contributed by atoms with Crippen molar-refractivity contribution in [1.82, 2.24) is 29.8 Å². The minimum absolute atomic E-state index is 0.0352. The van der Waals surface area contributed by atoms with E-state index in [4.69, 9.17) is 4.74 Å². The Hall–Kier alpha value is -3.19. The van der Waals surface area contributed by atoms with Crippen molar-refractivity contribution >= 4 is 33.2 Å². The SMILES string of the molecule is CCOc1cncc(-c2cnc(C(=O)N3CCC[C@@H]3c3ccnc(NS(=O)(=O)C4CC4)n3)s2)n1. The Morgan fingerprint density at radius 2 is 2.06 bits per heavy atom. The van der Waals surface area contributed by atoms with Gasteiger partial charge < -0.3 is 9.64 Å². The smallest absolute Gasteiger partial charge is 0.283 e. The lowest BCUT2D eigenvalue weighted by atomic mass is 10.1. The number of ether oxygens (including phenoxy) is 1. The number of sulfonamides is 1. The number of rotatable bonds is 8. The molecular weight excluding hydrogens is 478 g/mol. The summed E-state index contributed by atoms with van der Waals surface area (Å²) in [6.45, 7) is 2.91. The maximum atomic E-state index is 13.3. The van der Waals surface area contributed by atoms with Crippen molar-refractivity contribution in [3.8, 4) is 16.5 Å². The molecule has 3 aromatic rings. The van der Waals surface area contributed by atoms with Gasteiger partial charge in [-0.1, -0.05) is 0 Å². The minimum Gasteiger partial charge on any atom is -0.477 e. The Bertz CT molecular complexity index is 1310. The predicted octanol–water partition coefficient (Wildman–Crippen LogP) is 2.67. The summed E-state index contributed by atoms with van der Waals surface area (Å²) in [5.74, 6) is 0.247. The molecule has 1 amide bonds. The van der Waals surface area contributed by atoms with Crippen LogP contribution in [-0.2, 0) is 10.0 Å². The van der Waals surface area contributed by atoms with E-state index >= 15 is 0 Å². The molecule has 1 atom stereocenters. The van der Waals surface area contributed by atoms with E-state index in [0.29, 0.717) is 53.1 Å². The molecule has 0 radical (unpaired) electrons. The summed E-state index contributed by atoms with van der Waals surface area (Å²) >= 11 is 1.24. The topological polar surface area (TPSA) is 140 Å². The monoisotopic (exact) mass is 501 g/mol. The second-order valence-corrected chi connectivity index (χ2v) is 11.0. The van der Waals surface area contributed by atoms with E-state index in [1.165, 1.54) is 23.7 Å². The van der Waals surface area contributed by atoms with Crippen molar-refractivity contribution in [2.75, 3.05) is 17.9 Å². The van der Waals surface area contributed by atoms with Crippen LogP contribution in [0.5, 0.6) is 5.88 Å². The Morgan fingerprint density at radius 3 is 2.85 bits per heavy atom. The van der Waals surface area contributed by atoms with E-state index in [2.05, 4.69) is 29.6 Å². The molecule has 1 saturated heterocycles. The fraction of sp³-hybridized carbons (Fsp3) is 0.429. The summed E-state index contributed by atoms with van der Waals surface area (Å²) in [6, 6.07) is 1.43. The highest BCUT2D eigenvalue weighted by atomic mass is 32.2. The third-order valence-electron chi connectivity index (χ3n) is 5.57. The van der Waals surface area contributed by atoms with Gasteiger partial charge in [-0.05, 0) is 38.7 Å². The maximum absolute atomic E-state index is 13.3. The Kier molecular flexibility index (Phi) is 6.13. The zero-order chi connectivity index (χ0) is 23.7. The zero-order valence-electron chi connectivity index (χ0n) is 18.4. The first-order valence-corrected chi connectivity index (χ1v) is 13.4. The van der Waals surface area contributed by atoms with Crippen LogP contribution in [0.3, 0.4) is 0 Å². The second-order valence-electron chi connectivity index (χ2n) is 8.01. The number of likely N-dealkylation sites (tertiary alicyclic amines) is 1. The van der Waals surface area contributed by atoms with Crippen molar-refractivity contribution < 1.29 is 17.9 Å². The molecule has 0 aromatic carbocycles. The number of hydrogen-bond donors (Lipinski definition) is 1. The molecule has 1 aliphatic carbocycles. The molecule has 0 unspecified atom stereocenters. The van der Waals surface area contributed by atoms with Gasteiger partial charge in [-0.25, -0.2) is 28.4 Å². The molecular formula is C21H23N7O4S2. The number of nitrogens with zero attached hydrogens (tertiary/aromatic N) is 6. The van der Waals surface area contributed by atoms with Crippen LogP contribution in [0.2, 0.25) is 0 Å². The number of aromatic nitrogens is 5. The summed E-state index contributed by atoms with van der Waals surface area (Å²) in [5, 5.41) is -0.0310. The van der Waals surface area contributed by atoms with Gasteiger partial charge in [-0.2, -0.15) is 0 Å². The van der Waals surface area contributed by atoms with Gasteiger partial charge in [-0.3, -0.25) is 14.5 Å². The Morgan fingerprint density at radius 1 is 1.21 bits per heavy atom. The fourth-order valence-electron chi connectivity index (χ4n) is 3.81. The number of thiazole rings is 1. The summed E-state index contributed by atoms with van der Waals surface area (Å²) in [7, 11) is -3.47. The molecule has 34 heavy (non-hydrogen) atoms. The Balaban J connectivity index is 1.34. The first-order chi connectivity index (χ1) is 16.4. The summed E-state index contributed by atoms with van der Waals surface area (Å²) in [6.07, 6.45) is 9.09. The minimum atomic E-state index is -3.47. The zero-order valence-corrected chi connectivity index (χ0v) is 20.0. The van der Waals surface area contributed by atoms with Gasteiger partial charge in [0.05, 0.1) is 40.9 Å². The lowest BCUT2D eigenvalue weighted by molar-refractivity contribution is 0.0732. The molecule has 11 nitrogen and oxygen atoms in total. The maximum Gasteiger partial charge on any atom is 0.283 e. The normalized spacial score (nSPS) is 18.1. The second kappa shape index (κ2) is 9.22. The number of amides is 1. The molecule has 1 N–H and O–H groups in total. The summed E-state index contributed by atoms with van der Waals surface area (Å²) < 4.78 is 32.4. The van der Waals surface area contributed by atoms with Crippen LogP contribution in [0.25, 0.3) is 10.6 Å². The molecule has 1 aliphatic heterocycles. The number of carbonyl (C=O) groups is 1. The van der Waals surface area contributed by atoms with Gasteiger partial charge in [-0.15, -0.1) is 11.3 Å². The van der Waals surface area contributed by atoms with Crippen molar-refractivity contribution in [2.45, 2.75) is 43.9 Å². The highest BCUT2D eigenvalue weighted by Gasteiger charge is 2.37. The highest BCUT2D eigenvalue weighted by Crippen LogP contribution is 2.35. The molecule has 3 aromatic heterocycles. The van der Waals surface area contributed by atoms with Crippen LogP contribution in [-0.4, -0.2) is 62.5 Å². The standard InChI is InChI=1S/C21H23N7O4S2/c1-2-32-18-12-22-10-15(25-18)17-11-24-19(33-17)20(29)28-9-3-4-16(28)14-7-8-23-21(26-14)27-34(30,31)13-5-6-13/h7-8,10-13,16H,2-6,9H2,1H3,(H,23,26,27)/t16-/m1/s1. The van der Waals surface area contributed by atoms with E-state index in [0.717, 1.165) is 12.8 Å². The van der Waals surface area contributed by atoms with Gasteiger partial charge >= 0.3 is 0 Å². The molecule has 178 valence electrons. The molecule has 13 heteroatoms. The van der Waals surface area contributed by atoms with E-state index in [-0.39, 0.29) is 23.1 Å². The van der Waals surface area contributed by atoms with Crippen molar-refractivity contribution in [3.63, 3.8) is 0 Å². The van der Waals surface area contributed by atoms with E-state index in [1.807, 2.05) is 6.92 Å². The molecule has 0 spiro atoms. The highest BCUT2D eigenvalue weighted by molar-refractivity contribution is 7.93. The van der Waals surface area contributed by atoms with Gasteiger partial charge in [0, 0.05) is 18.9 Å². The number of nitrogens with one attached hydrogen (secondary N) is 1. The first-order valence-electron chi connectivity index (χ1n) is 11.0. The molecule has 2 fully saturated rings. The summed E-state index contributed by atoms with van der Waals surface area (Å²) in [5.41, 5.74) is 1.19. The van der Waals surface area contributed by atoms with Crippen LogP contribution < -0.4 is 9.46 Å². The van der Waals surface area contributed by atoms with E-state index in [1.54, 1.807) is 23.4 Å². The molecule has 2 aliphatic rings. The average Bonchev–Trinajstić information content (AvgIpc) is 3.39. The average molecular weight is 502 g/mol. The van der Waals surface area contributed by atoms with Gasteiger partial charge in [0.15, 0.2) is 5.01 Å². The third kappa shape index (κ3) is 4.71. The fourth-order valence-corrected chi connectivity index (χ4v) is 5.91. The Labute approximate surface area is 200 Å². The lowest BCUT2D eigenvalue weighted by Crippen LogP contribution is -2.31. The quantitative estimate of drug-likeness (QED) is 0.493. The summed E-state index contributed by atoms with van der Waals surface area (Å²) in [4.78, 5) is 37.1. The molecule has 1 saturated carbocycles. The number of anilines is 1. The van der Waals surface area contributed by atoms with E-state index < -0.39 is 10.0 Å². The third-order valence-corrected chi connectivity index (χ3v) is 8.40. The van der Waals surface area contributed by atoms with Crippen molar-refractivity contribution in [3.05, 3.63) is 41.6 Å². The largest absolute Gasteiger partial charge is 0.477 e. The van der Waals surface area contributed by atoms with E-state index in [9.17, 15) is 13.2 Å². The van der Waals surface area contributed by atoms with Crippen LogP contribution in [0.1, 0.15) is 54.1 Å². The van der Waals surface area contributed by atoms with Gasteiger partial charge in [0.25, 0.3) is 5.91 Å². The number of hydrogen-bond acceptors (Lipinski definition) is 10. The van der Waals surface area contributed by atoms with Crippen LogP contribution >= 0.6 is 11.3 Å². The number of carbonyl (C=O) groups excluding carboxylic acids is 1. The lowest BCUT2D eigenvalue weighted by Gasteiger charge is -2.23. The van der Waals surface area contributed by atoms with Crippen LogP contribution in [0, 0.1) is 0 Å². The molecule has 0 bridgehead atoms. The molecule has 5 rings (SSSR count). The van der Waals surface area contributed by atoms with Crippen LogP contribution in [0.15, 0.2) is 30.9 Å². The van der Waals surface area contributed by atoms with Crippen molar-refractivity contribution in [1.29, 1.82) is 0 Å².